The van der Waals surface area contributed by atoms with E-state index in [-0.39, 0.29) is 6.47 Å². The summed E-state index contributed by atoms with van der Waals surface area (Å²) in [6.07, 6.45) is 17.7. The molecule has 2 atom stereocenters. The summed E-state index contributed by atoms with van der Waals surface area (Å²) in [6.45, 7) is 20.8. The third-order valence-electron chi connectivity index (χ3n) is 8.70. The molecule has 0 saturated carbocycles. The first-order chi connectivity index (χ1) is 22.2. The Morgan fingerprint density at radius 1 is 1.11 bits per heavy atom. The van der Waals surface area contributed by atoms with E-state index in [0.29, 0.717) is 0 Å². The van der Waals surface area contributed by atoms with Crippen LogP contribution in [0.5, 0.6) is 0 Å². The smallest absolute Gasteiger partial charge is 0.290 e. The van der Waals surface area contributed by atoms with E-state index < -0.39 is 0 Å². The van der Waals surface area contributed by atoms with Gasteiger partial charge in [-0.05, 0) is 132 Å². The number of piperidine rings is 1. The van der Waals surface area contributed by atoms with Crippen molar-refractivity contribution in [2.45, 2.75) is 79.2 Å². The maximum atomic E-state index is 8.89. The maximum Gasteiger partial charge on any atom is 0.290 e. The molecule has 2 aromatic rings. The average Bonchev–Trinajstić information content (AvgIpc) is 3.55. The molecule has 2 fully saturated rings. The predicted octanol–water partition coefficient (Wildman–Crippen LogP) is 7.77. The molecule has 2 aliphatic rings. The van der Waals surface area contributed by atoms with Gasteiger partial charge >= 0.3 is 0 Å². The fourth-order valence-electron chi connectivity index (χ4n) is 5.48. The van der Waals surface area contributed by atoms with Crippen molar-refractivity contribution in [1.29, 1.82) is 5.26 Å². The van der Waals surface area contributed by atoms with Gasteiger partial charge in [0.15, 0.2) is 0 Å². The Bertz CT molecular complexity index is 1140. The van der Waals surface area contributed by atoms with Gasteiger partial charge in [0.25, 0.3) is 6.47 Å². The number of nitrogens with zero attached hydrogens (tertiary/aromatic N) is 4. The SMILES string of the molecule is C#C.C=CC(C)=NC.CC(C)C(C)N1CCC(CN2CCC(CCCc3ccc(C#N)cc3)CC2)C1.Cc1cc#ccc1.O=CO. The molecular weight excluding hydrogens is 568 g/mol. The maximum absolute atomic E-state index is 8.89. The van der Waals surface area contributed by atoms with Crippen LogP contribution < -0.4 is 0 Å². The van der Waals surface area contributed by atoms with Crippen LogP contribution in [0, 0.1) is 61.0 Å². The third kappa shape index (κ3) is 18.8. The third-order valence-corrected chi connectivity index (χ3v) is 8.70. The number of hydrogen-bond acceptors (Lipinski definition) is 5. The van der Waals surface area contributed by atoms with E-state index in [1.807, 2.05) is 44.2 Å². The molecule has 0 aliphatic carbocycles. The van der Waals surface area contributed by atoms with E-state index in [1.54, 1.807) is 13.1 Å². The van der Waals surface area contributed by atoms with Gasteiger partial charge in [-0.1, -0.05) is 57.2 Å². The van der Waals surface area contributed by atoms with Crippen LogP contribution in [0.25, 0.3) is 0 Å². The van der Waals surface area contributed by atoms with Crippen molar-refractivity contribution < 1.29 is 9.90 Å². The molecule has 6 heteroatoms. The van der Waals surface area contributed by atoms with Crippen molar-refractivity contribution in [2.24, 2.45) is 22.7 Å². The minimum atomic E-state index is -0.250. The zero-order valence-corrected chi connectivity index (χ0v) is 29.3. The number of aliphatic imine (C=N–C) groups is 1. The van der Waals surface area contributed by atoms with E-state index >= 15 is 0 Å². The van der Waals surface area contributed by atoms with Crippen LogP contribution >= 0.6 is 0 Å². The Hall–Kier alpha value is -3.89. The Balaban J connectivity index is 0.000000918. The highest BCUT2D eigenvalue weighted by Gasteiger charge is 2.29. The monoisotopic (exact) mass is 626 g/mol. The van der Waals surface area contributed by atoms with E-state index in [4.69, 9.17) is 15.2 Å². The van der Waals surface area contributed by atoms with E-state index in [1.165, 1.54) is 76.0 Å². The lowest BCUT2D eigenvalue weighted by atomic mass is 9.90. The second kappa shape index (κ2) is 26.3. The standard InChI is InChI=1S/C25H39N3.C7H6.C5H9N.C2H2.CH2O2/c1-20(2)21(3)28-16-13-25(19-28)18-27-14-11-23(12-15-27)6-4-5-22-7-9-24(17-26)10-8-22;1-7-5-3-2-4-6-7;1-4-5(2)6-3;1-2;2-1-3/h7-10,20-21,23,25H,4-6,11-16,18-19H2,1-3H3;3,5-6H,1H3;4H,1H2,2-3H3;1-2H;1H,(H,2,3). The molecule has 0 aromatic heterocycles. The van der Waals surface area contributed by atoms with Gasteiger partial charge in [-0.2, -0.15) is 5.26 Å². The lowest BCUT2D eigenvalue weighted by Crippen LogP contribution is -2.39. The molecule has 46 heavy (non-hydrogen) atoms. The largest absolute Gasteiger partial charge is 0.483 e. The van der Waals surface area contributed by atoms with Gasteiger partial charge in [0, 0.05) is 31.9 Å². The molecule has 2 saturated heterocycles. The van der Waals surface area contributed by atoms with Crippen LogP contribution in [0.15, 0.2) is 60.1 Å². The fourth-order valence-corrected chi connectivity index (χ4v) is 5.48. The molecule has 0 amide bonds. The normalized spacial score (nSPS) is 17.0. The van der Waals surface area contributed by atoms with Crippen molar-refractivity contribution in [2.75, 3.05) is 39.8 Å². The number of hydrogen-bond donors (Lipinski definition) is 1. The molecule has 6 nitrogen and oxygen atoms in total. The van der Waals surface area contributed by atoms with Crippen LogP contribution in [0.1, 0.15) is 76.5 Å². The van der Waals surface area contributed by atoms with Gasteiger partial charge in [0.2, 0.25) is 0 Å². The lowest BCUT2D eigenvalue weighted by Gasteiger charge is -2.34. The van der Waals surface area contributed by atoms with Crippen molar-refractivity contribution in [3.05, 3.63) is 83.9 Å². The van der Waals surface area contributed by atoms with Crippen LogP contribution in [-0.2, 0) is 11.2 Å². The minimum Gasteiger partial charge on any atom is -0.483 e. The van der Waals surface area contributed by atoms with Gasteiger partial charge in [-0.25, -0.2) is 0 Å². The Morgan fingerprint density at radius 2 is 1.72 bits per heavy atom. The van der Waals surface area contributed by atoms with E-state index in [9.17, 15) is 0 Å². The number of rotatable bonds is 9. The van der Waals surface area contributed by atoms with Crippen LogP contribution in [0.4, 0.5) is 0 Å². The van der Waals surface area contributed by atoms with Gasteiger partial charge < -0.3 is 14.9 Å². The molecule has 2 aromatic carbocycles. The highest BCUT2D eigenvalue weighted by Crippen LogP contribution is 2.27. The summed E-state index contributed by atoms with van der Waals surface area (Å²) in [4.78, 5) is 17.6. The molecule has 2 unspecified atom stereocenters. The quantitative estimate of drug-likeness (QED) is 0.175. The summed E-state index contributed by atoms with van der Waals surface area (Å²) in [5, 5.41) is 15.8. The molecule has 4 rings (SSSR count). The predicted molar refractivity (Wildman–Crippen MR) is 194 cm³/mol. The summed E-state index contributed by atoms with van der Waals surface area (Å²) in [5.74, 6) is 2.56. The second-order valence-electron chi connectivity index (χ2n) is 12.3. The minimum absolute atomic E-state index is 0.250. The summed E-state index contributed by atoms with van der Waals surface area (Å²) in [6, 6.07) is 22.4. The van der Waals surface area contributed by atoms with Crippen LogP contribution in [0.2, 0.25) is 0 Å². The first-order valence-electron chi connectivity index (χ1n) is 16.4. The van der Waals surface area contributed by atoms with Crippen molar-refractivity contribution in [3.63, 3.8) is 0 Å². The number of allylic oxidation sites excluding steroid dienone is 1. The molecule has 0 bridgehead atoms. The fraction of sp³-hybridized carbons (Fsp3) is 0.525. The second-order valence-corrected chi connectivity index (χ2v) is 12.3. The molecule has 0 spiro atoms. The van der Waals surface area contributed by atoms with Gasteiger partial charge in [0.05, 0.1) is 11.6 Å². The zero-order valence-electron chi connectivity index (χ0n) is 29.3. The number of benzene rings is 1. The van der Waals surface area contributed by atoms with Gasteiger partial charge in [0.1, 0.15) is 0 Å². The summed E-state index contributed by atoms with van der Waals surface area (Å²) in [7, 11) is 1.75. The Morgan fingerprint density at radius 3 is 2.15 bits per heavy atom. The van der Waals surface area contributed by atoms with Crippen molar-refractivity contribution in [3.8, 4) is 18.9 Å². The number of carbonyl (C=O) groups is 1. The molecule has 1 N–H and O–H groups in total. The molecule has 0 radical (unpaired) electrons. The lowest BCUT2D eigenvalue weighted by molar-refractivity contribution is -0.122. The first-order valence-corrected chi connectivity index (χ1v) is 16.4. The van der Waals surface area contributed by atoms with Gasteiger partial charge in [-0.3, -0.25) is 9.79 Å². The number of nitriles is 1. The van der Waals surface area contributed by atoms with E-state index in [0.717, 1.165) is 41.5 Å². The highest BCUT2D eigenvalue weighted by atomic mass is 16.3. The zero-order chi connectivity index (χ0) is 34.7. The Kier molecular flexibility index (Phi) is 24.1. The molecule has 2 heterocycles. The van der Waals surface area contributed by atoms with Crippen molar-refractivity contribution in [1.82, 2.24) is 9.80 Å². The van der Waals surface area contributed by atoms with Crippen LogP contribution in [-0.4, -0.2) is 72.9 Å². The number of aryl methyl sites for hydroxylation is 2. The topological polar surface area (TPSA) is 79.9 Å². The average molecular weight is 627 g/mol. The summed E-state index contributed by atoms with van der Waals surface area (Å²) in [5.41, 5.74) is 4.35. The van der Waals surface area contributed by atoms with Crippen molar-refractivity contribution >= 4 is 12.2 Å². The van der Waals surface area contributed by atoms with Gasteiger partial charge in [-0.15, -0.1) is 12.8 Å². The molecule has 250 valence electrons. The highest BCUT2D eigenvalue weighted by molar-refractivity contribution is 5.92. The number of carboxylic acid groups (broad SMARTS) is 1. The summed E-state index contributed by atoms with van der Waals surface area (Å²) >= 11 is 0. The Labute approximate surface area is 281 Å². The summed E-state index contributed by atoms with van der Waals surface area (Å²) < 4.78 is 0. The number of terminal acetylenes is 1. The van der Waals surface area contributed by atoms with Crippen LogP contribution in [0.3, 0.4) is 0 Å². The van der Waals surface area contributed by atoms with E-state index in [2.05, 4.69) is 85.3 Å². The molecular formula is C40H58N4O2. The number of likely N-dealkylation sites (tertiary alicyclic amines) is 2. The molecule has 2 aliphatic heterocycles. The first kappa shape index (κ1) is 42.1.